The van der Waals surface area contributed by atoms with Crippen molar-refractivity contribution < 1.29 is 0 Å². The molecule has 0 bridgehead atoms. The highest BCUT2D eigenvalue weighted by molar-refractivity contribution is 5.55. The van der Waals surface area contributed by atoms with Crippen LogP contribution in [0.5, 0.6) is 0 Å². The normalized spacial score (nSPS) is 9.93. The highest BCUT2D eigenvalue weighted by Crippen LogP contribution is 2.14. The number of aryl methyl sites for hydroxylation is 1. The Morgan fingerprint density at radius 1 is 1.07 bits per heavy atom. The molecule has 2 aromatic rings. The maximum atomic E-state index is 5.44. The van der Waals surface area contributed by atoms with Gasteiger partial charge >= 0.3 is 0 Å². The van der Waals surface area contributed by atoms with Crippen LogP contribution in [-0.2, 0) is 0 Å². The molecule has 0 amide bonds. The molecule has 0 saturated heterocycles. The quantitative estimate of drug-likeness (QED) is 0.779. The lowest BCUT2D eigenvalue weighted by Crippen LogP contribution is -1.96. The van der Waals surface area contributed by atoms with Gasteiger partial charge in [-0.2, -0.15) is 0 Å². The number of benzene rings is 1. The predicted molar refractivity (Wildman–Crippen MR) is 60.9 cm³/mol. The van der Waals surface area contributed by atoms with E-state index in [1.807, 2.05) is 31.2 Å². The monoisotopic (exact) mass is 200 g/mol. The Morgan fingerprint density at radius 2 is 1.80 bits per heavy atom. The van der Waals surface area contributed by atoms with Crippen LogP contribution < -0.4 is 11.1 Å². The van der Waals surface area contributed by atoms with E-state index in [-0.39, 0.29) is 0 Å². The van der Waals surface area contributed by atoms with Crippen LogP contribution >= 0.6 is 0 Å². The van der Waals surface area contributed by atoms with E-state index in [2.05, 4.69) is 15.3 Å². The molecule has 2 rings (SSSR count). The molecule has 4 nitrogen and oxygen atoms in total. The molecule has 3 N–H and O–H groups in total. The van der Waals surface area contributed by atoms with Gasteiger partial charge in [0.1, 0.15) is 11.6 Å². The third-order valence-corrected chi connectivity index (χ3v) is 2.00. The van der Waals surface area contributed by atoms with Gasteiger partial charge in [0.05, 0.1) is 12.4 Å². The van der Waals surface area contributed by atoms with E-state index >= 15 is 0 Å². The summed E-state index contributed by atoms with van der Waals surface area (Å²) in [6.45, 7) is 2.05. The fourth-order valence-electron chi connectivity index (χ4n) is 1.19. The zero-order chi connectivity index (χ0) is 10.7. The number of anilines is 3. The summed E-state index contributed by atoms with van der Waals surface area (Å²) in [4.78, 5) is 8.04. The van der Waals surface area contributed by atoms with Crippen LogP contribution in [0.3, 0.4) is 0 Å². The van der Waals surface area contributed by atoms with Gasteiger partial charge in [0.15, 0.2) is 0 Å². The van der Waals surface area contributed by atoms with Crippen molar-refractivity contribution in [1.82, 2.24) is 9.97 Å². The zero-order valence-corrected chi connectivity index (χ0v) is 8.44. The van der Waals surface area contributed by atoms with Crippen LogP contribution in [0.15, 0.2) is 36.7 Å². The summed E-state index contributed by atoms with van der Waals surface area (Å²) < 4.78 is 0. The van der Waals surface area contributed by atoms with Gasteiger partial charge in [0.25, 0.3) is 0 Å². The van der Waals surface area contributed by atoms with E-state index in [0.29, 0.717) is 11.6 Å². The lowest BCUT2D eigenvalue weighted by atomic mass is 10.2. The molecular formula is C11H12N4. The van der Waals surface area contributed by atoms with Crippen molar-refractivity contribution in [3.05, 3.63) is 42.2 Å². The molecule has 1 aromatic carbocycles. The number of nitrogens with zero attached hydrogens (tertiary/aromatic N) is 2. The van der Waals surface area contributed by atoms with Gasteiger partial charge in [0, 0.05) is 5.69 Å². The molecule has 0 spiro atoms. The van der Waals surface area contributed by atoms with Gasteiger partial charge in [-0.05, 0) is 19.1 Å². The molecule has 0 aliphatic carbocycles. The van der Waals surface area contributed by atoms with E-state index in [1.54, 1.807) is 6.20 Å². The van der Waals surface area contributed by atoms with Crippen molar-refractivity contribution in [2.75, 3.05) is 11.1 Å². The molecule has 76 valence electrons. The highest BCUT2D eigenvalue weighted by atomic mass is 15.0. The summed E-state index contributed by atoms with van der Waals surface area (Å²) in [5.74, 6) is 1.11. The molecule has 0 atom stereocenters. The Bertz CT molecular complexity index is 390. The Hall–Kier alpha value is -2.10. The van der Waals surface area contributed by atoms with Gasteiger partial charge < -0.3 is 11.1 Å². The summed E-state index contributed by atoms with van der Waals surface area (Å²) in [6.07, 6.45) is 3.13. The Morgan fingerprint density at radius 3 is 2.40 bits per heavy atom. The van der Waals surface area contributed by atoms with Crippen molar-refractivity contribution in [1.29, 1.82) is 0 Å². The maximum absolute atomic E-state index is 5.44. The first-order valence-electron chi connectivity index (χ1n) is 4.65. The van der Waals surface area contributed by atoms with E-state index in [4.69, 9.17) is 5.73 Å². The summed E-state index contributed by atoms with van der Waals surface area (Å²) in [6, 6.07) is 8.06. The molecule has 1 heterocycles. The number of hydrogen-bond acceptors (Lipinski definition) is 4. The van der Waals surface area contributed by atoms with Crippen LogP contribution in [-0.4, -0.2) is 9.97 Å². The minimum absolute atomic E-state index is 0.421. The summed E-state index contributed by atoms with van der Waals surface area (Å²) in [5, 5.41) is 3.13. The second-order valence-corrected chi connectivity index (χ2v) is 3.32. The average molecular weight is 200 g/mol. The van der Waals surface area contributed by atoms with Gasteiger partial charge in [-0.15, -0.1) is 0 Å². The molecule has 0 aliphatic heterocycles. The summed E-state index contributed by atoms with van der Waals surface area (Å²) in [5.41, 5.74) is 7.65. The SMILES string of the molecule is Cc1ccc(Nc2cnc(N)cn2)cc1. The minimum atomic E-state index is 0.421. The molecule has 0 radical (unpaired) electrons. The third-order valence-electron chi connectivity index (χ3n) is 2.00. The predicted octanol–water partition coefficient (Wildman–Crippen LogP) is 2.11. The van der Waals surface area contributed by atoms with Crippen molar-refractivity contribution in [3.63, 3.8) is 0 Å². The second kappa shape index (κ2) is 3.96. The largest absolute Gasteiger partial charge is 0.382 e. The van der Waals surface area contributed by atoms with Crippen LogP contribution in [0.25, 0.3) is 0 Å². The van der Waals surface area contributed by atoms with Crippen LogP contribution in [0.1, 0.15) is 5.56 Å². The lowest BCUT2D eigenvalue weighted by molar-refractivity contribution is 1.21. The highest BCUT2D eigenvalue weighted by Gasteiger charge is 1.95. The smallest absolute Gasteiger partial charge is 0.149 e. The van der Waals surface area contributed by atoms with E-state index in [1.165, 1.54) is 11.8 Å². The van der Waals surface area contributed by atoms with Crippen molar-refractivity contribution in [2.45, 2.75) is 6.92 Å². The number of nitrogens with two attached hydrogens (primary N) is 1. The fraction of sp³-hybridized carbons (Fsp3) is 0.0909. The first kappa shape index (κ1) is 9.45. The topological polar surface area (TPSA) is 63.8 Å². The van der Waals surface area contributed by atoms with E-state index < -0.39 is 0 Å². The first-order chi connectivity index (χ1) is 7.24. The van der Waals surface area contributed by atoms with Gasteiger partial charge in [-0.25, -0.2) is 9.97 Å². The number of nitrogen functional groups attached to an aromatic ring is 1. The third kappa shape index (κ3) is 2.43. The lowest BCUT2D eigenvalue weighted by Gasteiger charge is -2.04. The van der Waals surface area contributed by atoms with Gasteiger partial charge in [-0.3, -0.25) is 0 Å². The van der Waals surface area contributed by atoms with Crippen molar-refractivity contribution >= 4 is 17.3 Å². The molecule has 0 fully saturated rings. The van der Waals surface area contributed by atoms with E-state index in [0.717, 1.165) is 5.69 Å². The second-order valence-electron chi connectivity index (χ2n) is 3.32. The Balaban J connectivity index is 2.15. The summed E-state index contributed by atoms with van der Waals surface area (Å²) in [7, 11) is 0. The molecule has 0 saturated carbocycles. The minimum Gasteiger partial charge on any atom is -0.382 e. The van der Waals surface area contributed by atoms with Crippen molar-refractivity contribution in [2.24, 2.45) is 0 Å². The molecular weight excluding hydrogens is 188 g/mol. The first-order valence-corrected chi connectivity index (χ1v) is 4.65. The Labute approximate surface area is 88.2 Å². The zero-order valence-electron chi connectivity index (χ0n) is 8.44. The summed E-state index contributed by atoms with van der Waals surface area (Å²) >= 11 is 0. The van der Waals surface area contributed by atoms with E-state index in [9.17, 15) is 0 Å². The maximum Gasteiger partial charge on any atom is 0.149 e. The molecule has 1 aromatic heterocycles. The number of nitrogens with one attached hydrogen (secondary N) is 1. The molecule has 4 heteroatoms. The number of rotatable bonds is 2. The molecule has 15 heavy (non-hydrogen) atoms. The van der Waals surface area contributed by atoms with Crippen LogP contribution in [0, 0.1) is 6.92 Å². The van der Waals surface area contributed by atoms with Gasteiger partial charge in [0.2, 0.25) is 0 Å². The van der Waals surface area contributed by atoms with Crippen LogP contribution in [0.4, 0.5) is 17.3 Å². The molecule has 0 aliphatic rings. The molecule has 0 unspecified atom stereocenters. The average Bonchev–Trinajstić information content (AvgIpc) is 2.25. The standard InChI is InChI=1S/C11H12N4/c1-8-2-4-9(5-3-8)15-11-7-13-10(12)6-14-11/h2-7H,1H3,(H2,12,13)(H,14,15). The number of aromatic nitrogens is 2. The van der Waals surface area contributed by atoms with Crippen molar-refractivity contribution in [3.8, 4) is 0 Å². The van der Waals surface area contributed by atoms with Crippen LogP contribution in [0.2, 0.25) is 0 Å². The fourth-order valence-corrected chi connectivity index (χ4v) is 1.19. The number of hydrogen-bond donors (Lipinski definition) is 2. The Kier molecular flexibility index (Phi) is 2.49. The van der Waals surface area contributed by atoms with Gasteiger partial charge in [-0.1, -0.05) is 17.7 Å².